The average Bonchev–Trinajstić information content (AvgIpc) is 3.05. The van der Waals surface area contributed by atoms with Gasteiger partial charge in [0.15, 0.2) is 12.4 Å². The van der Waals surface area contributed by atoms with Gasteiger partial charge < -0.3 is 4.74 Å². The fourth-order valence-electron chi connectivity index (χ4n) is 2.95. The molecule has 2 aromatic carbocycles. The molecule has 3 nitrogen and oxygen atoms in total. The molecule has 0 N–H and O–H groups in total. The molecule has 0 spiro atoms. The third kappa shape index (κ3) is 3.99. The van der Waals surface area contributed by atoms with E-state index in [0.29, 0.717) is 5.56 Å². The van der Waals surface area contributed by atoms with E-state index in [0.717, 1.165) is 30.4 Å². The van der Waals surface area contributed by atoms with Gasteiger partial charge in [-0.1, -0.05) is 42.0 Å². The third-order valence-corrected chi connectivity index (χ3v) is 4.22. The number of benzene rings is 2. The van der Waals surface area contributed by atoms with Gasteiger partial charge in [0, 0.05) is 11.6 Å². The lowest BCUT2D eigenvalue weighted by molar-refractivity contribution is -0.136. The summed E-state index contributed by atoms with van der Waals surface area (Å²) in [5, 5.41) is 0. The van der Waals surface area contributed by atoms with Crippen molar-refractivity contribution >= 4 is 17.8 Å². The lowest BCUT2D eigenvalue weighted by Gasteiger charge is -2.05. The van der Waals surface area contributed by atoms with Crippen molar-refractivity contribution in [2.75, 3.05) is 6.61 Å². The summed E-state index contributed by atoms with van der Waals surface area (Å²) >= 11 is 0. The van der Waals surface area contributed by atoms with E-state index in [2.05, 4.69) is 0 Å². The molecular formula is C21H20O3. The highest BCUT2D eigenvalue weighted by Crippen LogP contribution is 2.23. The van der Waals surface area contributed by atoms with Gasteiger partial charge in [0.1, 0.15) is 0 Å². The molecule has 0 aromatic heterocycles. The smallest absolute Gasteiger partial charge is 0.331 e. The molecule has 122 valence electrons. The van der Waals surface area contributed by atoms with E-state index in [-0.39, 0.29) is 12.4 Å². The van der Waals surface area contributed by atoms with E-state index in [1.807, 2.05) is 49.4 Å². The molecular weight excluding hydrogens is 300 g/mol. The molecule has 0 saturated heterocycles. The molecule has 1 aliphatic carbocycles. The predicted octanol–water partition coefficient (Wildman–Crippen LogP) is 3.92. The summed E-state index contributed by atoms with van der Waals surface area (Å²) in [7, 11) is 0. The Balaban J connectivity index is 1.55. The summed E-state index contributed by atoms with van der Waals surface area (Å²) < 4.78 is 5.05. The number of esters is 1. The molecule has 0 aliphatic heterocycles. The molecule has 0 unspecified atom stereocenters. The van der Waals surface area contributed by atoms with Gasteiger partial charge in [-0.3, -0.25) is 4.79 Å². The Kier molecular flexibility index (Phi) is 4.90. The Bertz CT molecular complexity index is 802. The van der Waals surface area contributed by atoms with Gasteiger partial charge in [-0.05, 0) is 55.0 Å². The first-order chi connectivity index (χ1) is 11.6. The van der Waals surface area contributed by atoms with E-state index in [9.17, 15) is 9.59 Å². The van der Waals surface area contributed by atoms with Crippen molar-refractivity contribution in [2.45, 2.75) is 26.2 Å². The zero-order chi connectivity index (χ0) is 16.9. The highest BCUT2D eigenvalue weighted by Gasteiger charge is 2.14. The molecule has 3 heteroatoms. The number of hydrogen-bond donors (Lipinski definition) is 0. The Morgan fingerprint density at radius 3 is 2.75 bits per heavy atom. The van der Waals surface area contributed by atoms with E-state index in [1.165, 1.54) is 17.2 Å². The largest absolute Gasteiger partial charge is 0.454 e. The molecule has 0 bridgehead atoms. The summed E-state index contributed by atoms with van der Waals surface area (Å²) in [6, 6.07) is 13.6. The molecule has 0 amide bonds. The summed E-state index contributed by atoms with van der Waals surface area (Å²) in [4.78, 5) is 23.9. The second kappa shape index (κ2) is 7.26. The first kappa shape index (κ1) is 16.2. The summed E-state index contributed by atoms with van der Waals surface area (Å²) in [5.74, 6) is -0.673. The van der Waals surface area contributed by atoms with Crippen LogP contribution < -0.4 is 0 Å². The number of carbonyl (C=O) groups excluding carboxylic acids is 2. The number of ketones is 1. The Morgan fingerprint density at radius 2 is 1.92 bits per heavy atom. The van der Waals surface area contributed by atoms with Crippen molar-refractivity contribution in [3.63, 3.8) is 0 Å². The summed E-state index contributed by atoms with van der Waals surface area (Å²) in [5.41, 5.74) is 5.23. The maximum absolute atomic E-state index is 12.2. The number of carbonyl (C=O) groups is 2. The standard InChI is InChI=1S/C21H20O3/c1-15-4-2-5-16(12-15)8-11-21(23)24-14-20(22)19-10-9-17-6-3-7-18(17)13-19/h2,4-5,8-13H,3,6-7,14H2,1H3/b11-8+. The Morgan fingerprint density at radius 1 is 1.08 bits per heavy atom. The Labute approximate surface area is 142 Å². The first-order valence-corrected chi connectivity index (χ1v) is 8.18. The normalized spacial score (nSPS) is 13.0. The van der Waals surface area contributed by atoms with Crippen LogP contribution in [0, 0.1) is 6.92 Å². The number of aryl methyl sites for hydroxylation is 3. The lowest BCUT2D eigenvalue weighted by Crippen LogP contribution is -2.12. The van der Waals surface area contributed by atoms with Crippen LogP contribution in [0.15, 0.2) is 48.5 Å². The molecule has 1 aliphatic rings. The third-order valence-electron chi connectivity index (χ3n) is 4.22. The highest BCUT2D eigenvalue weighted by molar-refractivity contribution is 5.99. The van der Waals surface area contributed by atoms with Gasteiger partial charge in [0.05, 0.1) is 0 Å². The van der Waals surface area contributed by atoms with Crippen LogP contribution in [0.25, 0.3) is 6.08 Å². The summed E-state index contributed by atoms with van der Waals surface area (Å²) in [6.45, 7) is 1.76. The van der Waals surface area contributed by atoms with Gasteiger partial charge in [-0.15, -0.1) is 0 Å². The van der Waals surface area contributed by atoms with E-state index >= 15 is 0 Å². The van der Waals surface area contributed by atoms with Gasteiger partial charge in [-0.25, -0.2) is 4.79 Å². The van der Waals surface area contributed by atoms with Crippen LogP contribution in [0.3, 0.4) is 0 Å². The van der Waals surface area contributed by atoms with Gasteiger partial charge >= 0.3 is 5.97 Å². The Hall–Kier alpha value is -2.68. The molecule has 24 heavy (non-hydrogen) atoms. The fourth-order valence-corrected chi connectivity index (χ4v) is 2.95. The van der Waals surface area contributed by atoms with Crippen molar-refractivity contribution in [2.24, 2.45) is 0 Å². The van der Waals surface area contributed by atoms with Gasteiger partial charge in [-0.2, -0.15) is 0 Å². The van der Waals surface area contributed by atoms with Crippen molar-refractivity contribution in [1.29, 1.82) is 0 Å². The quantitative estimate of drug-likeness (QED) is 0.476. The number of ether oxygens (including phenoxy) is 1. The fraction of sp³-hybridized carbons (Fsp3) is 0.238. The molecule has 0 fully saturated rings. The van der Waals surface area contributed by atoms with Crippen LogP contribution in [0.2, 0.25) is 0 Å². The SMILES string of the molecule is Cc1cccc(/C=C/C(=O)OCC(=O)c2ccc3c(c2)CCC3)c1. The van der Waals surface area contributed by atoms with E-state index < -0.39 is 5.97 Å². The zero-order valence-corrected chi connectivity index (χ0v) is 13.7. The molecule has 2 aromatic rings. The minimum absolute atomic E-state index is 0.165. The molecule has 0 saturated carbocycles. The van der Waals surface area contributed by atoms with E-state index in [4.69, 9.17) is 4.74 Å². The van der Waals surface area contributed by atoms with Crippen molar-refractivity contribution in [3.05, 3.63) is 76.4 Å². The molecule has 0 radical (unpaired) electrons. The van der Waals surface area contributed by atoms with Crippen molar-refractivity contribution < 1.29 is 14.3 Å². The molecule has 3 rings (SSSR count). The number of hydrogen-bond acceptors (Lipinski definition) is 3. The van der Waals surface area contributed by atoms with Crippen LogP contribution in [-0.2, 0) is 22.4 Å². The molecule has 0 atom stereocenters. The summed E-state index contributed by atoms with van der Waals surface area (Å²) in [6.07, 6.45) is 6.30. The lowest BCUT2D eigenvalue weighted by atomic mass is 10.0. The number of Topliss-reactive ketones (excluding diaryl/α,β-unsaturated/α-hetero) is 1. The maximum Gasteiger partial charge on any atom is 0.331 e. The minimum atomic E-state index is -0.508. The van der Waals surface area contributed by atoms with Crippen LogP contribution in [0.5, 0.6) is 0 Å². The van der Waals surface area contributed by atoms with Crippen LogP contribution in [-0.4, -0.2) is 18.4 Å². The first-order valence-electron chi connectivity index (χ1n) is 8.18. The van der Waals surface area contributed by atoms with Crippen molar-refractivity contribution in [1.82, 2.24) is 0 Å². The van der Waals surface area contributed by atoms with Crippen LogP contribution in [0.4, 0.5) is 0 Å². The number of fused-ring (bicyclic) bond motifs is 1. The minimum Gasteiger partial charge on any atom is -0.454 e. The van der Waals surface area contributed by atoms with Gasteiger partial charge in [0.2, 0.25) is 0 Å². The monoisotopic (exact) mass is 320 g/mol. The zero-order valence-electron chi connectivity index (χ0n) is 13.7. The van der Waals surface area contributed by atoms with Gasteiger partial charge in [0.25, 0.3) is 0 Å². The second-order valence-corrected chi connectivity index (χ2v) is 6.12. The van der Waals surface area contributed by atoms with Crippen molar-refractivity contribution in [3.8, 4) is 0 Å². The van der Waals surface area contributed by atoms with Crippen LogP contribution >= 0.6 is 0 Å². The second-order valence-electron chi connectivity index (χ2n) is 6.12. The van der Waals surface area contributed by atoms with Crippen LogP contribution in [0.1, 0.15) is 39.0 Å². The highest BCUT2D eigenvalue weighted by atomic mass is 16.5. The average molecular weight is 320 g/mol. The van der Waals surface area contributed by atoms with E-state index in [1.54, 1.807) is 6.08 Å². The molecule has 0 heterocycles. The maximum atomic E-state index is 12.2. The predicted molar refractivity (Wildman–Crippen MR) is 94.0 cm³/mol. The number of rotatable bonds is 5. The topological polar surface area (TPSA) is 43.4 Å².